The summed E-state index contributed by atoms with van der Waals surface area (Å²) in [7, 11) is 0. The van der Waals surface area contributed by atoms with Crippen molar-refractivity contribution in [2.45, 2.75) is 38.1 Å². The molecule has 2 aliphatic heterocycles. The summed E-state index contributed by atoms with van der Waals surface area (Å²) >= 11 is 0. The van der Waals surface area contributed by atoms with Gasteiger partial charge in [-0.1, -0.05) is 60.7 Å². The van der Waals surface area contributed by atoms with Crippen molar-refractivity contribution in [3.8, 4) is 0 Å². The molecular formula is C33H27N3O5. The summed E-state index contributed by atoms with van der Waals surface area (Å²) in [4.78, 5) is 31.6. The van der Waals surface area contributed by atoms with Gasteiger partial charge in [-0.2, -0.15) is 0 Å². The summed E-state index contributed by atoms with van der Waals surface area (Å²) in [5, 5.41) is 9.48. The van der Waals surface area contributed by atoms with E-state index in [0.717, 1.165) is 27.7 Å². The van der Waals surface area contributed by atoms with Crippen LogP contribution in [0.4, 0.5) is 5.69 Å². The number of hydrogen-bond acceptors (Lipinski definition) is 6. The maximum absolute atomic E-state index is 13.0. The smallest absolute Gasteiger partial charge is 0.266 e. The average molecular weight is 546 g/mol. The van der Waals surface area contributed by atoms with Crippen LogP contribution in [0.25, 0.3) is 11.0 Å². The molecule has 3 atom stereocenters. The van der Waals surface area contributed by atoms with Gasteiger partial charge in [-0.3, -0.25) is 9.59 Å². The Kier molecular flexibility index (Phi) is 6.43. The van der Waals surface area contributed by atoms with Crippen LogP contribution < -0.4 is 4.90 Å². The predicted octanol–water partition coefficient (Wildman–Crippen LogP) is 5.57. The highest BCUT2D eigenvalue weighted by molar-refractivity contribution is 6.34. The van der Waals surface area contributed by atoms with Crippen molar-refractivity contribution in [1.29, 1.82) is 0 Å². The second-order valence-corrected chi connectivity index (χ2v) is 10.3. The van der Waals surface area contributed by atoms with E-state index in [4.69, 9.17) is 9.47 Å². The fourth-order valence-electron chi connectivity index (χ4n) is 5.61. The Morgan fingerprint density at radius 2 is 1.44 bits per heavy atom. The fourth-order valence-corrected chi connectivity index (χ4v) is 5.61. The molecule has 1 N–H and O–H groups in total. The molecule has 4 aromatic carbocycles. The Labute approximate surface area is 236 Å². The van der Waals surface area contributed by atoms with Gasteiger partial charge in [-0.25, -0.2) is 9.88 Å². The third-order valence-corrected chi connectivity index (χ3v) is 7.76. The van der Waals surface area contributed by atoms with Gasteiger partial charge in [0.25, 0.3) is 11.8 Å². The third kappa shape index (κ3) is 4.62. The second kappa shape index (κ2) is 10.4. The van der Waals surface area contributed by atoms with Gasteiger partial charge >= 0.3 is 0 Å². The molecule has 0 saturated carbocycles. The lowest BCUT2D eigenvalue weighted by atomic mass is 10.00. The number of aliphatic hydroxyl groups is 1. The van der Waals surface area contributed by atoms with E-state index in [-0.39, 0.29) is 30.6 Å². The molecule has 1 aromatic heterocycles. The number of carbonyl (C=O) groups excluding carboxylic acids is 2. The van der Waals surface area contributed by atoms with Crippen molar-refractivity contribution < 1.29 is 24.2 Å². The number of imide groups is 1. The molecule has 0 radical (unpaired) electrons. The van der Waals surface area contributed by atoms with Crippen molar-refractivity contribution in [2.24, 2.45) is 0 Å². The molecule has 7 rings (SSSR count). The first-order chi connectivity index (χ1) is 20.1. The quantitative estimate of drug-likeness (QED) is 0.280. The first kappa shape index (κ1) is 25.3. The maximum atomic E-state index is 13.0. The zero-order valence-corrected chi connectivity index (χ0v) is 22.1. The SMILES string of the molecule is O=C1c2ccccc2C(=O)N1c1ccc(C2OC(Cn3cnc4ccccc43)CC(c3ccc(CO)cc3)O2)cc1. The van der Waals surface area contributed by atoms with E-state index in [9.17, 15) is 14.7 Å². The molecule has 8 nitrogen and oxygen atoms in total. The van der Waals surface area contributed by atoms with Crippen LogP contribution in [0, 0.1) is 0 Å². The van der Waals surface area contributed by atoms with Crippen LogP contribution in [0.1, 0.15) is 56.2 Å². The van der Waals surface area contributed by atoms with Crippen LogP contribution in [-0.2, 0) is 22.6 Å². The monoisotopic (exact) mass is 545 g/mol. The molecule has 2 aliphatic rings. The highest BCUT2D eigenvalue weighted by atomic mass is 16.7. The van der Waals surface area contributed by atoms with E-state index >= 15 is 0 Å². The summed E-state index contributed by atoms with van der Waals surface area (Å²) in [6.45, 7) is 0.575. The summed E-state index contributed by atoms with van der Waals surface area (Å²) in [5.41, 5.74) is 5.89. The van der Waals surface area contributed by atoms with Gasteiger partial charge < -0.3 is 19.1 Å². The number of aliphatic hydroxyl groups excluding tert-OH is 1. The molecule has 3 unspecified atom stereocenters. The van der Waals surface area contributed by atoms with E-state index in [0.29, 0.717) is 29.8 Å². The fraction of sp³-hybridized carbons (Fsp3) is 0.182. The number of fused-ring (bicyclic) bond motifs is 2. The van der Waals surface area contributed by atoms with Gasteiger partial charge in [-0.05, 0) is 47.5 Å². The van der Waals surface area contributed by atoms with Crippen molar-refractivity contribution >= 4 is 28.5 Å². The lowest BCUT2D eigenvalue weighted by Crippen LogP contribution is -2.32. The molecule has 0 aliphatic carbocycles. The number of benzene rings is 4. The van der Waals surface area contributed by atoms with Gasteiger partial charge in [0.05, 0.1) is 59.5 Å². The lowest BCUT2D eigenvalue weighted by Gasteiger charge is -2.36. The second-order valence-electron chi connectivity index (χ2n) is 10.3. The van der Waals surface area contributed by atoms with Gasteiger partial charge in [0.2, 0.25) is 0 Å². The van der Waals surface area contributed by atoms with Gasteiger partial charge in [0.15, 0.2) is 6.29 Å². The van der Waals surface area contributed by atoms with Crippen molar-refractivity contribution in [3.05, 3.63) is 131 Å². The molecule has 41 heavy (non-hydrogen) atoms. The minimum Gasteiger partial charge on any atom is -0.392 e. The average Bonchev–Trinajstić information content (AvgIpc) is 3.54. The number of rotatable bonds is 6. The maximum Gasteiger partial charge on any atom is 0.266 e. The van der Waals surface area contributed by atoms with E-state index in [1.807, 2.05) is 67.0 Å². The standard InChI is InChI=1S/C33H27N3O5/c37-19-21-9-11-22(12-10-21)30-17-25(18-35-20-34-28-7-3-4-8-29(28)35)40-33(41-30)23-13-15-24(16-14-23)36-31(38)26-5-1-2-6-27(26)32(36)39/h1-16,20,25,30,33,37H,17-19H2. The normalized spacial score (nSPS) is 20.5. The molecule has 0 bridgehead atoms. The minimum absolute atomic E-state index is 0.0205. The number of imidazole rings is 1. The minimum atomic E-state index is -0.665. The number of ether oxygens (including phenoxy) is 2. The van der Waals surface area contributed by atoms with Crippen LogP contribution in [0.15, 0.2) is 103 Å². The summed E-state index contributed by atoms with van der Waals surface area (Å²) in [5.74, 6) is -0.662. The van der Waals surface area contributed by atoms with E-state index in [1.165, 1.54) is 4.90 Å². The number of amides is 2. The predicted molar refractivity (Wildman–Crippen MR) is 152 cm³/mol. The molecule has 1 saturated heterocycles. The van der Waals surface area contributed by atoms with Crippen molar-refractivity contribution in [2.75, 3.05) is 4.90 Å². The van der Waals surface area contributed by atoms with Crippen LogP contribution in [0.3, 0.4) is 0 Å². The Morgan fingerprint density at radius 3 is 2.15 bits per heavy atom. The molecule has 1 fully saturated rings. The molecule has 5 aromatic rings. The largest absolute Gasteiger partial charge is 0.392 e. The number of aromatic nitrogens is 2. The van der Waals surface area contributed by atoms with Crippen molar-refractivity contribution in [1.82, 2.24) is 9.55 Å². The molecule has 0 spiro atoms. The summed E-state index contributed by atoms with van der Waals surface area (Å²) in [6.07, 6.45) is 1.39. The number of carbonyl (C=O) groups is 2. The zero-order chi connectivity index (χ0) is 27.9. The molecular weight excluding hydrogens is 518 g/mol. The number of nitrogens with zero attached hydrogens (tertiary/aromatic N) is 3. The van der Waals surface area contributed by atoms with Gasteiger partial charge in [0.1, 0.15) is 0 Å². The number of hydrogen-bond donors (Lipinski definition) is 1. The Bertz CT molecular complexity index is 1710. The van der Waals surface area contributed by atoms with Crippen LogP contribution in [0.2, 0.25) is 0 Å². The molecule has 204 valence electrons. The van der Waals surface area contributed by atoms with Crippen molar-refractivity contribution in [3.63, 3.8) is 0 Å². The van der Waals surface area contributed by atoms with Crippen LogP contribution in [-0.4, -0.2) is 32.6 Å². The molecule has 8 heteroatoms. The van der Waals surface area contributed by atoms with Crippen LogP contribution >= 0.6 is 0 Å². The summed E-state index contributed by atoms with van der Waals surface area (Å²) in [6, 6.07) is 29.8. The molecule has 2 amide bonds. The summed E-state index contributed by atoms with van der Waals surface area (Å²) < 4.78 is 15.1. The van der Waals surface area contributed by atoms with E-state index < -0.39 is 6.29 Å². The van der Waals surface area contributed by atoms with E-state index in [2.05, 4.69) is 9.55 Å². The highest BCUT2D eigenvalue weighted by Gasteiger charge is 2.37. The Morgan fingerprint density at radius 1 is 0.780 bits per heavy atom. The van der Waals surface area contributed by atoms with Gasteiger partial charge in [0, 0.05) is 12.0 Å². The lowest BCUT2D eigenvalue weighted by molar-refractivity contribution is -0.252. The topological polar surface area (TPSA) is 93.9 Å². The van der Waals surface area contributed by atoms with E-state index in [1.54, 1.807) is 36.4 Å². The zero-order valence-electron chi connectivity index (χ0n) is 22.1. The highest BCUT2D eigenvalue weighted by Crippen LogP contribution is 2.39. The first-order valence-electron chi connectivity index (χ1n) is 13.6. The van der Waals surface area contributed by atoms with Crippen LogP contribution in [0.5, 0.6) is 0 Å². The molecule has 3 heterocycles. The van der Waals surface area contributed by atoms with Gasteiger partial charge in [-0.15, -0.1) is 0 Å². The third-order valence-electron chi connectivity index (χ3n) is 7.76. The Hall–Kier alpha value is -4.63. The number of anilines is 1. The first-order valence-corrected chi connectivity index (χ1v) is 13.6. The Balaban J connectivity index is 1.16. The number of para-hydroxylation sites is 2.